The third-order valence-corrected chi connectivity index (χ3v) is 6.07. The number of carbonyl (C=O) groups is 2. The second-order valence-corrected chi connectivity index (χ2v) is 8.63. The number of aromatic nitrogens is 1. The molecular weight excluding hydrogens is 452 g/mol. The van der Waals surface area contributed by atoms with Gasteiger partial charge in [0.05, 0.1) is 0 Å². The molecule has 1 saturated heterocycles. The number of nitrogens with one attached hydrogen (secondary N) is 1. The molecule has 7 nitrogen and oxygen atoms in total. The quantitative estimate of drug-likeness (QED) is 0.590. The molecule has 0 bridgehead atoms. The molecule has 0 unspecified atom stereocenters. The maximum atomic E-state index is 13.4. The van der Waals surface area contributed by atoms with Crippen LogP contribution in [0.5, 0.6) is 0 Å². The molecular formula is C26H27ClN4O3. The Hall–Kier alpha value is -3.58. The van der Waals surface area contributed by atoms with Crippen LogP contribution in [0, 0.1) is 0 Å². The number of piperazine rings is 1. The molecule has 176 valence electrons. The van der Waals surface area contributed by atoms with Crippen molar-refractivity contribution in [1.29, 1.82) is 0 Å². The van der Waals surface area contributed by atoms with Crippen LogP contribution in [-0.4, -0.2) is 54.0 Å². The van der Waals surface area contributed by atoms with Gasteiger partial charge in [0.25, 0.3) is 11.8 Å². The summed E-state index contributed by atoms with van der Waals surface area (Å²) >= 11 is 6.12. The van der Waals surface area contributed by atoms with Gasteiger partial charge >= 0.3 is 0 Å². The second kappa shape index (κ2) is 10.6. The van der Waals surface area contributed by atoms with Crippen molar-refractivity contribution in [2.24, 2.45) is 0 Å². The van der Waals surface area contributed by atoms with Gasteiger partial charge in [-0.2, -0.15) is 0 Å². The number of hydrogen-bond donors (Lipinski definition) is 1. The van der Waals surface area contributed by atoms with Gasteiger partial charge in [0.15, 0.2) is 0 Å². The van der Waals surface area contributed by atoms with Gasteiger partial charge < -0.3 is 19.7 Å². The van der Waals surface area contributed by atoms with Gasteiger partial charge in [0.2, 0.25) is 5.43 Å². The van der Waals surface area contributed by atoms with Crippen LogP contribution in [0.2, 0.25) is 5.02 Å². The van der Waals surface area contributed by atoms with E-state index >= 15 is 0 Å². The van der Waals surface area contributed by atoms with Gasteiger partial charge in [-0.1, -0.05) is 48.0 Å². The number of hydrogen-bond acceptors (Lipinski definition) is 4. The number of carbonyl (C=O) groups excluding carboxylic acids is 2. The highest BCUT2D eigenvalue weighted by atomic mass is 35.5. The SMILES string of the molecule is CCNC(=O)c1cn(Cc2ccccc2)cc(C(=O)N2CCN(c3cccc(Cl)c3)CC2)c1=O. The first-order chi connectivity index (χ1) is 16.5. The lowest BCUT2D eigenvalue weighted by molar-refractivity contribution is 0.0744. The van der Waals surface area contributed by atoms with Crippen LogP contribution in [0.4, 0.5) is 5.69 Å². The van der Waals surface area contributed by atoms with Crippen molar-refractivity contribution in [3.05, 3.63) is 98.9 Å². The first kappa shape index (κ1) is 23.6. The second-order valence-electron chi connectivity index (χ2n) is 8.19. The van der Waals surface area contributed by atoms with E-state index in [1.807, 2.05) is 54.6 Å². The summed E-state index contributed by atoms with van der Waals surface area (Å²) in [6.07, 6.45) is 3.08. The average molecular weight is 479 g/mol. The number of halogens is 1. The van der Waals surface area contributed by atoms with Gasteiger partial charge in [-0.05, 0) is 30.7 Å². The standard InChI is InChI=1S/C26H27ClN4O3/c1-2-28-25(33)22-17-29(16-19-7-4-3-5-8-19)18-23(24(22)32)26(34)31-13-11-30(12-14-31)21-10-6-9-20(27)15-21/h3-10,15,17-18H,2,11-14,16H2,1H3,(H,28,33). The van der Waals surface area contributed by atoms with Gasteiger partial charge in [0, 0.05) is 62.4 Å². The topological polar surface area (TPSA) is 74.7 Å². The first-order valence-electron chi connectivity index (χ1n) is 11.3. The molecule has 8 heteroatoms. The van der Waals surface area contributed by atoms with Crippen molar-refractivity contribution >= 4 is 29.1 Å². The maximum absolute atomic E-state index is 13.4. The van der Waals surface area contributed by atoms with Crippen LogP contribution in [0.1, 0.15) is 33.2 Å². The van der Waals surface area contributed by atoms with E-state index in [0.29, 0.717) is 44.3 Å². The minimum atomic E-state index is -0.544. The highest BCUT2D eigenvalue weighted by molar-refractivity contribution is 6.30. The molecule has 0 radical (unpaired) electrons. The Morgan fingerprint density at radius 1 is 0.941 bits per heavy atom. The molecule has 0 atom stereocenters. The maximum Gasteiger partial charge on any atom is 0.259 e. The summed E-state index contributed by atoms with van der Waals surface area (Å²) in [6, 6.07) is 17.3. The highest BCUT2D eigenvalue weighted by Crippen LogP contribution is 2.21. The van der Waals surface area contributed by atoms with Gasteiger partial charge in [0.1, 0.15) is 11.1 Å². The highest BCUT2D eigenvalue weighted by Gasteiger charge is 2.26. The Morgan fingerprint density at radius 3 is 2.32 bits per heavy atom. The Morgan fingerprint density at radius 2 is 1.65 bits per heavy atom. The summed E-state index contributed by atoms with van der Waals surface area (Å²) in [7, 11) is 0. The predicted molar refractivity (Wildman–Crippen MR) is 134 cm³/mol. The van der Waals surface area contributed by atoms with Gasteiger partial charge in [-0.15, -0.1) is 0 Å². The molecule has 2 heterocycles. The Kier molecular flexibility index (Phi) is 7.33. The predicted octanol–water partition coefficient (Wildman–Crippen LogP) is 3.26. The van der Waals surface area contributed by atoms with Crippen molar-refractivity contribution in [2.75, 3.05) is 37.6 Å². The van der Waals surface area contributed by atoms with Crippen molar-refractivity contribution < 1.29 is 9.59 Å². The molecule has 34 heavy (non-hydrogen) atoms. The fraction of sp³-hybridized carbons (Fsp3) is 0.269. The molecule has 1 aliphatic heterocycles. The molecule has 2 aromatic carbocycles. The Bertz CT molecular complexity index is 1230. The summed E-state index contributed by atoms with van der Waals surface area (Å²) in [5, 5.41) is 3.34. The minimum absolute atomic E-state index is 0.0101. The third-order valence-electron chi connectivity index (χ3n) is 5.84. The Labute approximate surface area is 203 Å². The number of anilines is 1. The zero-order valence-electron chi connectivity index (χ0n) is 19.0. The summed E-state index contributed by atoms with van der Waals surface area (Å²) in [6.45, 7) is 4.80. The molecule has 1 aromatic heterocycles. The van der Waals surface area contributed by atoms with E-state index in [-0.39, 0.29) is 17.0 Å². The molecule has 1 aliphatic rings. The van der Waals surface area contributed by atoms with Crippen LogP contribution < -0.4 is 15.6 Å². The molecule has 4 rings (SSSR count). The van der Waals surface area contributed by atoms with E-state index in [0.717, 1.165) is 11.3 Å². The largest absolute Gasteiger partial charge is 0.368 e. The van der Waals surface area contributed by atoms with E-state index in [2.05, 4.69) is 10.2 Å². The van der Waals surface area contributed by atoms with E-state index < -0.39 is 11.3 Å². The van der Waals surface area contributed by atoms with Crippen molar-refractivity contribution in [1.82, 2.24) is 14.8 Å². The fourth-order valence-corrected chi connectivity index (χ4v) is 4.28. The van der Waals surface area contributed by atoms with Gasteiger partial charge in [-0.25, -0.2) is 0 Å². The van der Waals surface area contributed by atoms with Crippen LogP contribution >= 0.6 is 11.6 Å². The number of rotatable bonds is 6. The van der Waals surface area contributed by atoms with Crippen molar-refractivity contribution in [2.45, 2.75) is 13.5 Å². The first-order valence-corrected chi connectivity index (χ1v) is 11.7. The number of benzene rings is 2. The zero-order chi connectivity index (χ0) is 24.1. The summed E-state index contributed by atoms with van der Waals surface area (Å²) in [5.41, 5.74) is 1.44. The lowest BCUT2D eigenvalue weighted by Crippen LogP contribution is -2.50. The van der Waals surface area contributed by atoms with Crippen LogP contribution in [0.15, 0.2) is 71.8 Å². The van der Waals surface area contributed by atoms with E-state index in [9.17, 15) is 14.4 Å². The molecule has 1 fully saturated rings. The lowest BCUT2D eigenvalue weighted by Gasteiger charge is -2.36. The summed E-state index contributed by atoms with van der Waals surface area (Å²) < 4.78 is 1.73. The summed E-state index contributed by atoms with van der Waals surface area (Å²) in [5.74, 6) is -0.835. The molecule has 0 aliphatic carbocycles. The average Bonchev–Trinajstić information content (AvgIpc) is 2.85. The third kappa shape index (κ3) is 5.31. The van der Waals surface area contributed by atoms with Gasteiger partial charge in [-0.3, -0.25) is 14.4 Å². The van der Waals surface area contributed by atoms with Crippen molar-refractivity contribution in [3.8, 4) is 0 Å². The molecule has 0 saturated carbocycles. The normalized spacial score (nSPS) is 13.6. The number of pyridine rings is 1. The van der Waals surface area contributed by atoms with Crippen LogP contribution in [0.3, 0.4) is 0 Å². The molecule has 2 amide bonds. The molecule has 1 N–H and O–H groups in total. The van der Waals surface area contributed by atoms with Crippen molar-refractivity contribution in [3.63, 3.8) is 0 Å². The number of amides is 2. The van der Waals surface area contributed by atoms with E-state index in [1.165, 1.54) is 6.20 Å². The van der Waals surface area contributed by atoms with E-state index in [1.54, 1.807) is 22.6 Å². The smallest absolute Gasteiger partial charge is 0.259 e. The van der Waals surface area contributed by atoms with Crippen LogP contribution in [-0.2, 0) is 6.54 Å². The number of nitrogens with zero attached hydrogens (tertiary/aromatic N) is 3. The molecule has 0 spiro atoms. The zero-order valence-corrected chi connectivity index (χ0v) is 19.8. The minimum Gasteiger partial charge on any atom is -0.368 e. The summed E-state index contributed by atoms with van der Waals surface area (Å²) in [4.78, 5) is 43.0. The van der Waals surface area contributed by atoms with E-state index in [4.69, 9.17) is 11.6 Å². The fourth-order valence-electron chi connectivity index (χ4n) is 4.10. The molecule has 3 aromatic rings. The van der Waals surface area contributed by atoms with Crippen LogP contribution in [0.25, 0.3) is 0 Å². The lowest BCUT2D eigenvalue weighted by atomic mass is 10.1. The Balaban J connectivity index is 1.58. The monoisotopic (exact) mass is 478 g/mol.